The van der Waals surface area contributed by atoms with Crippen molar-refractivity contribution in [2.45, 2.75) is 25.7 Å². The van der Waals surface area contributed by atoms with Gasteiger partial charge in [0.15, 0.2) is 0 Å². The van der Waals surface area contributed by atoms with Gasteiger partial charge in [-0.1, -0.05) is 6.07 Å². The molecule has 0 radical (unpaired) electrons. The molecule has 2 heterocycles. The van der Waals surface area contributed by atoms with E-state index < -0.39 is 0 Å². The fourth-order valence-corrected chi connectivity index (χ4v) is 3.32. The smallest absolute Gasteiger partial charge is 0.225 e. The van der Waals surface area contributed by atoms with E-state index in [0.717, 1.165) is 19.3 Å². The number of hydrogen-bond acceptors (Lipinski definition) is 3. The van der Waals surface area contributed by atoms with Crippen molar-refractivity contribution in [3.63, 3.8) is 0 Å². The summed E-state index contributed by atoms with van der Waals surface area (Å²) in [7, 11) is 0. The summed E-state index contributed by atoms with van der Waals surface area (Å²) in [5.74, 6) is 0.809. The fraction of sp³-hybridized carbons (Fsp3) is 0.600. The van der Waals surface area contributed by atoms with Crippen LogP contribution in [-0.2, 0) is 16.0 Å². The molecule has 3 rings (SSSR count). The van der Waals surface area contributed by atoms with Gasteiger partial charge in [-0.05, 0) is 30.7 Å². The SMILES string of the molecule is O=C(CCc1cccs1)N1CCN(C(=O)C2CC2)CC1. The van der Waals surface area contributed by atoms with Crippen LogP contribution >= 0.6 is 11.3 Å². The van der Waals surface area contributed by atoms with E-state index in [1.165, 1.54) is 4.88 Å². The first-order valence-corrected chi connectivity index (χ1v) is 8.21. The number of aryl methyl sites for hydroxylation is 1. The maximum Gasteiger partial charge on any atom is 0.225 e. The molecule has 0 bridgehead atoms. The van der Waals surface area contributed by atoms with Crippen LogP contribution in [0, 0.1) is 5.92 Å². The van der Waals surface area contributed by atoms with Crippen molar-refractivity contribution in [2.75, 3.05) is 26.2 Å². The molecule has 2 aliphatic rings. The molecule has 1 aromatic heterocycles. The predicted molar refractivity (Wildman–Crippen MR) is 78.5 cm³/mol. The van der Waals surface area contributed by atoms with E-state index in [1.807, 2.05) is 21.2 Å². The lowest BCUT2D eigenvalue weighted by Crippen LogP contribution is -2.51. The predicted octanol–water partition coefficient (Wildman–Crippen LogP) is 1.76. The van der Waals surface area contributed by atoms with Gasteiger partial charge in [-0.15, -0.1) is 11.3 Å². The molecule has 1 saturated carbocycles. The molecular weight excluding hydrogens is 272 g/mol. The first kappa shape index (κ1) is 13.6. The molecule has 0 atom stereocenters. The Kier molecular flexibility index (Phi) is 4.05. The zero-order valence-corrected chi connectivity index (χ0v) is 12.4. The van der Waals surface area contributed by atoms with Crippen LogP contribution in [-0.4, -0.2) is 47.8 Å². The van der Waals surface area contributed by atoms with E-state index in [9.17, 15) is 9.59 Å². The minimum Gasteiger partial charge on any atom is -0.339 e. The van der Waals surface area contributed by atoms with Crippen molar-refractivity contribution >= 4 is 23.2 Å². The van der Waals surface area contributed by atoms with Gasteiger partial charge in [-0.25, -0.2) is 0 Å². The summed E-state index contributed by atoms with van der Waals surface area (Å²) in [6.45, 7) is 2.81. The summed E-state index contributed by atoms with van der Waals surface area (Å²) in [5, 5.41) is 2.04. The molecular formula is C15H20N2O2S. The van der Waals surface area contributed by atoms with Crippen LogP contribution in [0.5, 0.6) is 0 Å². The lowest BCUT2D eigenvalue weighted by atomic mass is 10.2. The molecule has 20 heavy (non-hydrogen) atoms. The molecule has 1 aromatic rings. The normalized spacial score (nSPS) is 19.2. The van der Waals surface area contributed by atoms with Crippen LogP contribution in [0.2, 0.25) is 0 Å². The van der Waals surface area contributed by atoms with Gasteiger partial charge in [-0.2, -0.15) is 0 Å². The van der Waals surface area contributed by atoms with Crippen molar-refractivity contribution in [1.82, 2.24) is 9.80 Å². The van der Waals surface area contributed by atoms with E-state index in [1.54, 1.807) is 11.3 Å². The number of thiophene rings is 1. The van der Waals surface area contributed by atoms with Gasteiger partial charge in [0.1, 0.15) is 0 Å². The van der Waals surface area contributed by atoms with Crippen LogP contribution in [0.3, 0.4) is 0 Å². The molecule has 2 amide bonds. The molecule has 0 aromatic carbocycles. The summed E-state index contributed by atoms with van der Waals surface area (Å²) in [6, 6.07) is 4.09. The summed E-state index contributed by atoms with van der Waals surface area (Å²) < 4.78 is 0. The Hall–Kier alpha value is -1.36. The number of nitrogens with zero attached hydrogens (tertiary/aromatic N) is 2. The van der Waals surface area contributed by atoms with E-state index in [-0.39, 0.29) is 11.8 Å². The summed E-state index contributed by atoms with van der Waals surface area (Å²) in [5.41, 5.74) is 0. The van der Waals surface area contributed by atoms with Crippen LogP contribution in [0.4, 0.5) is 0 Å². The maximum absolute atomic E-state index is 12.1. The number of carbonyl (C=O) groups is 2. The average Bonchev–Trinajstić information content (AvgIpc) is 3.21. The standard InChI is InChI=1S/C15H20N2O2S/c18-14(6-5-13-2-1-11-20-13)16-7-9-17(10-8-16)15(19)12-3-4-12/h1-2,11-12H,3-10H2. The summed E-state index contributed by atoms with van der Waals surface area (Å²) in [6.07, 6.45) is 3.52. The third-order valence-electron chi connectivity index (χ3n) is 4.04. The third-order valence-corrected chi connectivity index (χ3v) is 4.97. The first-order valence-electron chi connectivity index (χ1n) is 7.33. The zero-order chi connectivity index (χ0) is 13.9. The van der Waals surface area contributed by atoms with Gasteiger partial charge in [0.2, 0.25) is 11.8 Å². The van der Waals surface area contributed by atoms with E-state index >= 15 is 0 Å². The summed E-state index contributed by atoms with van der Waals surface area (Å²) in [4.78, 5) is 29.2. The third kappa shape index (κ3) is 3.20. The highest BCUT2D eigenvalue weighted by Gasteiger charge is 2.35. The van der Waals surface area contributed by atoms with Crippen molar-refractivity contribution in [1.29, 1.82) is 0 Å². The van der Waals surface area contributed by atoms with Crippen LogP contribution in [0.1, 0.15) is 24.1 Å². The highest BCUT2D eigenvalue weighted by atomic mass is 32.1. The highest BCUT2D eigenvalue weighted by molar-refractivity contribution is 7.09. The Morgan fingerprint density at radius 2 is 1.85 bits per heavy atom. The lowest BCUT2D eigenvalue weighted by Gasteiger charge is -2.35. The molecule has 0 spiro atoms. The van der Waals surface area contributed by atoms with E-state index in [2.05, 4.69) is 6.07 Å². The second kappa shape index (κ2) is 5.95. The number of amides is 2. The number of hydrogen-bond donors (Lipinski definition) is 0. The highest BCUT2D eigenvalue weighted by Crippen LogP contribution is 2.31. The van der Waals surface area contributed by atoms with Crippen molar-refractivity contribution in [2.24, 2.45) is 5.92 Å². The molecule has 5 heteroatoms. The minimum absolute atomic E-state index is 0.219. The quantitative estimate of drug-likeness (QED) is 0.848. The molecule has 1 aliphatic heterocycles. The van der Waals surface area contributed by atoms with Gasteiger partial charge < -0.3 is 9.80 Å². The minimum atomic E-state index is 0.219. The van der Waals surface area contributed by atoms with E-state index in [4.69, 9.17) is 0 Å². The van der Waals surface area contributed by atoms with Crippen LogP contribution in [0.25, 0.3) is 0 Å². The Morgan fingerprint density at radius 1 is 1.15 bits per heavy atom. The number of carbonyl (C=O) groups excluding carboxylic acids is 2. The second-order valence-electron chi connectivity index (χ2n) is 5.56. The van der Waals surface area contributed by atoms with Crippen molar-refractivity contribution in [3.8, 4) is 0 Å². The monoisotopic (exact) mass is 292 g/mol. The maximum atomic E-state index is 12.1. The fourth-order valence-electron chi connectivity index (χ4n) is 2.61. The summed E-state index contributed by atoms with van der Waals surface area (Å²) >= 11 is 1.70. The van der Waals surface area contributed by atoms with Crippen LogP contribution < -0.4 is 0 Å². The largest absolute Gasteiger partial charge is 0.339 e. The topological polar surface area (TPSA) is 40.6 Å². The van der Waals surface area contributed by atoms with E-state index in [0.29, 0.717) is 38.5 Å². The Balaban J connectivity index is 1.42. The van der Waals surface area contributed by atoms with Crippen molar-refractivity contribution in [3.05, 3.63) is 22.4 Å². The first-order chi connectivity index (χ1) is 9.74. The Bertz CT molecular complexity index is 474. The van der Waals surface area contributed by atoms with Gasteiger partial charge in [-0.3, -0.25) is 9.59 Å². The molecule has 0 unspecified atom stereocenters. The van der Waals surface area contributed by atoms with Crippen LogP contribution in [0.15, 0.2) is 17.5 Å². The Labute approximate surface area is 123 Å². The molecule has 0 N–H and O–H groups in total. The Morgan fingerprint density at radius 3 is 2.45 bits per heavy atom. The molecule has 1 aliphatic carbocycles. The molecule has 108 valence electrons. The lowest BCUT2D eigenvalue weighted by molar-refractivity contribution is -0.140. The zero-order valence-electron chi connectivity index (χ0n) is 11.6. The number of piperazine rings is 1. The van der Waals surface area contributed by atoms with Gasteiger partial charge in [0.25, 0.3) is 0 Å². The molecule has 1 saturated heterocycles. The van der Waals surface area contributed by atoms with Gasteiger partial charge in [0.05, 0.1) is 0 Å². The second-order valence-corrected chi connectivity index (χ2v) is 6.59. The van der Waals surface area contributed by atoms with Gasteiger partial charge in [0, 0.05) is 43.4 Å². The molecule has 4 nitrogen and oxygen atoms in total. The van der Waals surface area contributed by atoms with Gasteiger partial charge >= 0.3 is 0 Å². The molecule has 2 fully saturated rings. The van der Waals surface area contributed by atoms with Crippen molar-refractivity contribution < 1.29 is 9.59 Å². The number of rotatable bonds is 4. The average molecular weight is 292 g/mol.